The van der Waals surface area contributed by atoms with Crippen molar-refractivity contribution in [1.82, 2.24) is 25.3 Å². The molecule has 0 aliphatic rings. The van der Waals surface area contributed by atoms with E-state index < -0.39 is 0 Å². The smallest absolute Gasteiger partial charge is 0.321 e. The molecule has 2 rings (SSSR count). The van der Waals surface area contributed by atoms with Crippen LogP contribution in [0.1, 0.15) is 19.7 Å². The molecule has 0 aliphatic heterocycles. The molecule has 92 valence electrons. The second kappa shape index (κ2) is 4.96. The van der Waals surface area contributed by atoms with Gasteiger partial charge >= 0.3 is 6.01 Å². The summed E-state index contributed by atoms with van der Waals surface area (Å²) < 4.78 is 7.10. The Labute approximate surface area is 99.2 Å². The van der Waals surface area contributed by atoms with Crippen LogP contribution in [-0.4, -0.2) is 26.0 Å². The second-order valence-corrected chi connectivity index (χ2v) is 4.04. The first kappa shape index (κ1) is 11.6. The largest absolute Gasteiger partial charge is 0.406 e. The molecule has 2 heterocycles. The first-order valence-corrected chi connectivity index (χ1v) is 5.46. The number of nitrogens with zero attached hydrogens (tertiary/aromatic N) is 4. The summed E-state index contributed by atoms with van der Waals surface area (Å²) >= 11 is 0. The van der Waals surface area contributed by atoms with E-state index in [1.165, 1.54) is 0 Å². The average Bonchev–Trinajstić information content (AvgIpc) is 2.86. The molecular formula is C10H16N6O. The molecule has 0 unspecified atom stereocenters. The van der Waals surface area contributed by atoms with Crippen molar-refractivity contribution >= 4 is 11.8 Å². The summed E-state index contributed by atoms with van der Waals surface area (Å²) in [5.74, 6) is 1.23. The molecule has 2 N–H and O–H groups in total. The minimum atomic E-state index is 0.351. The molecule has 2 aromatic rings. The number of aryl methyl sites for hydroxylation is 1. The number of anilines is 2. The molecule has 0 saturated heterocycles. The van der Waals surface area contributed by atoms with Crippen molar-refractivity contribution in [3.05, 3.63) is 18.2 Å². The van der Waals surface area contributed by atoms with Gasteiger partial charge in [0, 0.05) is 25.4 Å². The Morgan fingerprint density at radius 2 is 2.24 bits per heavy atom. The van der Waals surface area contributed by atoms with Gasteiger partial charge in [-0.25, -0.2) is 0 Å². The molecule has 7 heteroatoms. The first-order chi connectivity index (χ1) is 8.13. The summed E-state index contributed by atoms with van der Waals surface area (Å²) in [4.78, 5) is 0. The summed E-state index contributed by atoms with van der Waals surface area (Å²) in [5, 5.41) is 18.1. The van der Waals surface area contributed by atoms with E-state index in [4.69, 9.17) is 4.42 Å². The predicted molar refractivity (Wildman–Crippen MR) is 62.8 cm³/mol. The molecule has 7 nitrogen and oxygen atoms in total. The Morgan fingerprint density at radius 1 is 1.41 bits per heavy atom. The Hall–Kier alpha value is -1.89. The second-order valence-electron chi connectivity index (χ2n) is 4.04. The van der Waals surface area contributed by atoms with Gasteiger partial charge in [-0.05, 0) is 0 Å². The van der Waals surface area contributed by atoms with Gasteiger partial charge in [0.2, 0.25) is 5.89 Å². The van der Waals surface area contributed by atoms with E-state index in [2.05, 4.69) is 39.8 Å². The van der Waals surface area contributed by atoms with E-state index in [0.717, 1.165) is 0 Å². The Morgan fingerprint density at radius 3 is 2.88 bits per heavy atom. The molecule has 0 fully saturated rings. The fourth-order valence-corrected chi connectivity index (χ4v) is 1.26. The fourth-order valence-electron chi connectivity index (χ4n) is 1.26. The molecule has 0 aliphatic carbocycles. The van der Waals surface area contributed by atoms with Crippen LogP contribution in [0.4, 0.5) is 11.8 Å². The summed E-state index contributed by atoms with van der Waals surface area (Å²) in [6.45, 7) is 4.68. The van der Waals surface area contributed by atoms with Gasteiger partial charge in [0.25, 0.3) is 0 Å². The van der Waals surface area contributed by atoms with E-state index >= 15 is 0 Å². The van der Waals surface area contributed by atoms with Gasteiger partial charge < -0.3 is 9.73 Å². The highest BCUT2D eigenvalue weighted by atomic mass is 16.4. The minimum absolute atomic E-state index is 0.351. The van der Waals surface area contributed by atoms with Crippen LogP contribution in [0.25, 0.3) is 0 Å². The lowest BCUT2D eigenvalue weighted by molar-refractivity contribution is 0.460. The quantitative estimate of drug-likeness (QED) is 0.807. The topological polar surface area (TPSA) is 80.8 Å². The molecule has 0 atom stereocenters. The van der Waals surface area contributed by atoms with E-state index in [9.17, 15) is 0 Å². The molecule has 0 spiro atoms. The first-order valence-electron chi connectivity index (χ1n) is 5.46. The molecule has 0 saturated carbocycles. The third-order valence-electron chi connectivity index (χ3n) is 2.08. The van der Waals surface area contributed by atoms with E-state index in [1.54, 1.807) is 4.68 Å². The van der Waals surface area contributed by atoms with Crippen molar-refractivity contribution in [2.45, 2.75) is 26.4 Å². The third kappa shape index (κ3) is 3.28. The van der Waals surface area contributed by atoms with Crippen LogP contribution < -0.4 is 10.6 Å². The third-order valence-corrected chi connectivity index (χ3v) is 2.08. The summed E-state index contributed by atoms with van der Waals surface area (Å²) in [6, 6.07) is 2.56. The Kier molecular flexibility index (Phi) is 3.38. The summed E-state index contributed by atoms with van der Waals surface area (Å²) in [7, 11) is 1.84. The Bertz CT molecular complexity index is 475. The molecule has 2 aromatic heterocycles. The van der Waals surface area contributed by atoms with Crippen molar-refractivity contribution in [3.8, 4) is 0 Å². The van der Waals surface area contributed by atoms with Crippen LogP contribution in [0.5, 0.6) is 0 Å². The number of nitrogens with one attached hydrogen (secondary N) is 2. The van der Waals surface area contributed by atoms with Crippen molar-refractivity contribution in [1.29, 1.82) is 0 Å². The van der Waals surface area contributed by atoms with E-state index in [-0.39, 0.29) is 0 Å². The molecule has 0 aromatic carbocycles. The molecule has 0 bridgehead atoms. The zero-order valence-corrected chi connectivity index (χ0v) is 10.1. The fraction of sp³-hybridized carbons (Fsp3) is 0.500. The standard InChI is InChI=1S/C10H16N6O/c1-7(2)11-6-9-13-14-10(17-9)12-8-4-5-16(3)15-8/h4-5,7,11H,6H2,1-3H3,(H,12,14,15). The molecule has 0 amide bonds. The van der Waals surface area contributed by atoms with Crippen LogP contribution in [0.15, 0.2) is 16.7 Å². The van der Waals surface area contributed by atoms with E-state index in [0.29, 0.717) is 30.3 Å². The van der Waals surface area contributed by atoms with Gasteiger partial charge in [0.05, 0.1) is 6.54 Å². The molecule has 0 radical (unpaired) electrons. The van der Waals surface area contributed by atoms with Gasteiger partial charge in [-0.3, -0.25) is 10.00 Å². The molecule has 17 heavy (non-hydrogen) atoms. The SMILES string of the molecule is CC(C)NCc1nnc(Nc2ccn(C)n2)o1. The zero-order chi connectivity index (χ0) is 12.3. The van der Waals surface area contributed by atoms with Crippen LogP contribution in [0, 0.1) is 0 Å². The number of hydrogen-bond donors (Lipinski definition) is 2. The maximum Gasteiger partial charge on any atom is 0.321 e. The monoisotopic (exact) mass is 236 g/mol. The van der Waals surface area contributed by atoms with Crippen LogP contribution >= 0.6 is 0 Å². The van der Waals surface area contributed by atoms with Crippen LogP contribution in [0.3, 0.4) is 0 Å². The lowest BCUT2D eigenvalue weighted by Crippen LogP contribution is -2.21. The normalized spacial score (nSPS) is 11.1. The average molecular weight is 236 g/mol. The van der Waals surface area contributed by atoms with Crippen molar-refractivity contribution < 1.29 is 4.42 Å². The van der Waals surface area contributed by atoms with Crippen LogP contribution in [0.2, 0.25) is 0 Å². The van der Waals surface area contributed by atoms with Gasteiger partial charge in [-0.2, -0.15) is 5.10 Å². The molecular weight excluding hydrogens is 220 g/mol. The number of hydrogen-bond acceptors (Lipinski definition) is 6. The Balaban J connectivity index is 1.94. The van der Waals surface area contributed by atoms with Crippen molar-refractivity contribution in [2.24, 2.45) is 7.05 Å². The van der Waals surface area contributed by atoms with Gasteiger partial charge in [-0.15, -0.1) is 5.10 Å². The van der Waals surface area contributed by atoms with Gasteiger partial charge in [0.1, 0.15) is 0 Å². The maximum absolute atomic E-state index is 5.40. The van der Waals surface area contributed by atoms with Crippen molar-refractivity contribution in [3.63, 3.8) is 0 Å². The van der Waals surface area contributed by atoms with Gasteiger partial charge in [0.15, 0.2) is 5.82 Å². The van der Waals surface area contributed by atoms with Crippen molar-refractivity contribution in [2.75, 3.05) is 5.32 Å². The highest BCUT2D eigenvalue weighted by Crippen LogP contribution is 2.12. The summed E-state index contributed by atoms with van der Waals surface area (Å²) in [6.07, 6.45) is 1.83. The lowest BCUT2D eigenvalue weighted by atomic mass is 10.4. The number of aromatic nitrogens is 4. The van der Waals surface area contributed by atoms with Crippen LogP contribution in [-0.2, 0) is 13.6 Å². The van der Waals surface area contributed by atoms with Gasteiger partial charge in [-0.1, -0.05) is 18.9 Å². The highest BCUT2D eigenvalue weighted by molar-refractivity contribution is 5.44. The highest BCUT2D eigenvalue weighted by Gasteiger charge is 2.07. The van der Waals surface area contributed by atoms with E-state index in [1.807, 2.05) is 19.3 Å². The lowest BCUT2D eigenvalue weighted by Gasteiger charge is -2.03. The zero-order valence-electron chi connectivity index (χ0n) is 10.1. The number of rotatable bonds is 5. The predicted octanol–water partition coefficient (Wildman–Crippen LogP) is 1.04. The minimum Gasteiger partial charge on any atom is -0.406 e. The summed E-state index contributed by atoms with van der Waals surface area (Å²) in [5.41, 5.74) is 0. The maximum atomic E-state index is 5.40.